The Balaban J connectivity index is 1.62. The average molecular weight is 346 g/mol. The Morgan fingerprint density at radius 1 is 0.885 bits per heavy atom. The van der Waals surface area contributed by atoms with Gasteiger partial charge in [0.2, 0.25) is 5.91 Å². The van der Waals surface area contributed by atoms with Crippen molar-refractivity contribution in [1.82, 2.24) is 5.32 Å². The van der Waals surface area contributed by atoms with Crippen molar-refractivity contribution in [2.75, 3.05) is 11.4 Å². The van der Waals surface area contributed by atoms with Gasteiger partial charge >= 0.3 is 0 Å². The lowest BCUT2D eigenvalue weighted by molar-refractivity contribution is -0.125. The van der Waals surface area contributed by atoms with Crippen LogP contribution < -0.4 is 10.2 Å². The van der Waals surface area contributed by atoms with Crippen molar-refractivity contribution in [2.24, 2.45) is 0 Å². The van der Waals surface area contributed by atoms with Gasteiger partial charge in [-0.25, -0.2) is 0 Å². The number of rotatable bonds is 2. The Hall–Kier alpha value is -2.13. The van der Waals surface area contributed by atoms with Crippen LogP contribution >= 0.6 is 0 Å². The molecular weight excluding hydrogens is 320 g/mol. The Morgan fingerprint density at radius 3 is 2.42 bits per heavy atom. The van der Waals surface area contributed by atoms with Gasteiger partial charge in [0, 0.05) is 11.2 Å². The number of benzene rings is 2. The van der Waals surface area contributed by atoms with Crippen LogP contribution in [0, 0.1) is 0 Å². The van der Waals surface area contributed by atoms with E-state index in [9.17, 15) is 4.79 Å². The second-order valence-corrected chi connectivity index (χ2v) is 8.12. The van der Waals surface area contributed by atoms with E-state index in [-0.39, 0.29) is 11.0 Å². The fourth-order valence-corrected chi connectivity index (χ4v) is 5.79. The van der Waals surface area contributed by atoms with Crippen molar-refractivity contribution in [1.29, 1.82) is 0 Å². The number of fused-ring (bicyclic) bond motifs is 3. The summed E-state index contributed by atoms with van der Waals surface area (Å²) in [6, 6.07) is 18.9. The van der Waals surface area contributed by atoms with Gasteiger partial charge in [0.15, 0.2) is 0 Å². The molecule has 0 aromatic heterocycles. The second-order valence-electron chi connectivity index (χ2n) is 8.12. The predicted molar refractivity (Wildman–Crippen MR) is 104 cm³/mol. The largest absolute Gasteiger partial charge is 0.310 e. The van der Waals surface area contributed by atoms with Crippen molar-refractivity contribution < 1.29 is 4.79 Å². The zero-order chi connectivity index (χ0) is 17.6. The Labute approximate surface area is 155 Å². The van der Waals surface area contributed by atoms with Crippen LogP contribution in [0.3, 0.4) is 0 Å². The van der Waals surface area contributed by atoms with Crippen LogP contribution in [0.4, 0.5) is 5.69 Å². The summed E-state index contributed by atoms with van der Waals surface area (Å²) in [5.74, 6) is 0.314. The molecule has 0 radical (unpaired) electrons. The SMILES string of the molecule is O=C1N(Cc2ccccc2)c2ccccc2[C@@]12CCNC21CCCCC1. The molecule has 2 aliphatic heterocycles. The molecule has 1 saturated carbocycles. The Kier molecular flexibility index (Phi) is 3.68. The highest BCUT2D eigenvalue weighted by molar-refractivity contribution is 6.09. The third-order valence-electron chi connectivity index (χ3n) is 6.94. The number of hydrogen-bond donors (Lipinski definition) is 1. The minimum Gasteiger partial charge on any atom is -0.310 e. The molecule has 2 aromatic carbocycles. The summed E-state index contributed by atoms with van der Waals surface area (Å²) < 4.78 is 0. The summed E-state index contributed by atoms with van der Waals surface area (Å²) in [6.45, 7) is 1.60. The topological polar surface area (TPSA) is 32.3 Å². The molecule has 1 N–H and O–H groups in total. The summed E-state index contributed by atoms with van der Waals surface area (Å²) >= 11 is 0. The van der Waals surface area contributed by atoms with E-state index >= 15 is 0 Å². The molecule has 1 amide bonds. The first kappa shape index (κ1) is 16.1. The summed E-state index contributed by atoms with van der Waals surface area (Å²) in [5, 5.41) is 3.81. The molecule has 0 bridgehead atoms. The first-order chi connectivity index (χ1) is 12.8. The van der Waals surface area contributed by atoms with E-state index in [4.69, 9.17) is 0 Å². The fraction of sp³-hybridized carbons (Fsp3) is 0.435. The van der Waals surface area contributed by atoms with Gasteiger partial charge < -0.3 is 10.2 Å². The molecule has 1 aliphatic carbocycles. The number of anilines is 1. The fourth-order valence-electron chi connectivity index (χ4n) is 5.79. The molecule has 26 heavy (non-hydrogen) atoms. The van der Waals surface area contributed by atoms with Gasteiger partial charge in [-0.15, -0.1) is 0 Å². The molecule has 2 aromatic rings. The smallest absolute Gasteiger partial charge is 0.239 e. The number of para-hydroxylation sites is 1. The second kappa shape index (κ2) is 5.95. The van der Waals surface area contributed by atoms with Crippen molar-refractivity contribution in [2.45, 2.75) is 56.0 Å². The monoisotopic (exact) mass is 346 g/mol. The summed E-state index contributed by atoms with van der Waals surface area (Å²) in [5.41, 5.74) is 3.14. The maximum absolute atomic E-state index is 14.0. The molecule has 2 fully saturated rings. The van der Waals surface area contributed by atoms with E-state index in [1.165, 1.54) is 30.4 Å². The van der Waals surface area contributed by atoms with Gasteiger partial charge in [-0.3, -0.25) is 4.79 Å². The standard InChI is InChI=1S/C23H26N2O/c26-21-23(15-16-24-22(23)13-7-2-8-14-22)19-11-5-6-12-20(19)25(21)17-18-9-3-1-4-10-18/h1,3-6,9-12,24H,2,7-8,13-17H2/t23-/m0/s1. The van der Waals surface area contributed by atoms with E-state index in [1.54, 1.807) is 0 Å². The van der Waals surface area contributed by atoms with Gasteiger partial charge in [0.05, 0.1) is 12.0 Å². The molecule has 5 rings (SSSR count). The van der Waals surface area contributed by atoms with E-state index in [1.807, 2.05) is 11.0 Å². The summed E-state index contributed by atoms with van der Waals surface area (Å²) in [4.78, 5) is 16.0. The molecular formula is C23H26N2O. The number of carbonyl (C=O) groups is 1. The highest BCUT2D eigenvalue weighted by atomic mass is 16.2. The quantitative estimate of drug-likeness (QED) is 0.885. The third kappa shape index (κ3) is 2.07. The number of carbonyl (C=O) groups excluding carboxylic acids is 1. The Bertz CT molecular complexity index is 825. The van der Waals surface area contributed by atoms with Crippen molar-refractivity contribution >= 4 is 11.6 Å². The van der Waals surface area contributed by atoms with Crippen LogP contribution in [0.15, 0.2) is 54.6 Å². The Morgan fingerprint density at radius 2 is 1.62 bits per heavy atom. The van der Waals surface area contributed by atoms with Crippen LogP contribution in [-0.4, -0.2) is 18.0 Å². The van der Waals surface area contributed by atoms with Gasteiger partial charge in [-0.05, 0) is 43.0 Å². The average Bonchev–Trinajstić information content (AvgIpc) is 3.16. The predicted octanol–water partition coefficient (Wildman–Crippen LogP) is 4.17. The molecule has 1 saturated heterocycles. The minimum atomic E-state index is -0.376. The lowest BCUT2D eigenvalue weighted by Gasteiger charge is -2.45. The van der Waals surface area contributed by atoms with Crippen molar-refractivity contribution in [3.63, 3.8) is 0 Å². The maximum atomic E-state index is 14.0. The molecule has 1 atom stereocenters. The van der Waals surface area contributed by atoms with Crippen LogP contribution in [0.25, 0.3) is 0 Å². The van der Waals surface area contributed by atoms with Gasteiger partial charge in [-0.2, -0.15) is 0 Å². The van der Waals surface area contributed by atoms with E-state index in [0.29, 0.717) is 12.5 Å². The van der Waals surface area contributed by atoms with Crippen molar-refractivity contribution in [3.05, 3.63) is 65.7 Å². The number of nitrogens with one attached hydrogen (secondary N) is 1. The maximum Gasteiger partial charge on any atom is 0.239 e. The minimum absolute atomic E-state index is 0.0517. The van der Waals surface area contributed by atoms with E-state index in [0.717, 1.165) is 31.5 Å². The van der Waals surface area contributed by atoms with Gasteiger partial charge in [0.1, 0.15) is 0 Å². The lowest BCUT2D eigenvalue weighted by atomic mass is 9.61. The van der Waals surface area contributed by atoms with Crippen LogP contribution in [0.5, 0.6) is 0 Å². The van der Waals surface area contributed by atoms with E-state index in [2.05, 4.69) is 53.8 Å². The molecule has 2 spiro atoms. The first-order valence-corrected chi connectivity index (χ1v) is 9.97. The normalized spacial score (nSPS) is 26.6. The van der Waals surface area contributed by atoms with Crippen molar-refractivity contribution in [3.8, 4) is 0 Å². The molecule has 2 heterocycles. The van der Waals surface area contributed by atoms with Gasteiger partial charge in [-0.1, -0.05) is 67.8 Å². The first-order valence-electron chi connectivity index (χ1n) is 9.97. The summed E-state index contributed by atoms with van der Waals surface area (Å²) in [7, 11) is 0. The zero-order valence-corrected chi connectivity index (χ0v) is 15.2. The molecule has 3 heteroatoms. The highest BCUT2D eigenvalue weighted by Gasteiger charge is 2.64. The number of amides is 1. The molecule has 134 valence electrons. The third-order valence-corrected chi connectivity index (χ3v) is 6.94. The lowest BCUT2D eigenvalue weighted by Crippen LogP contribution is -2.59. The number of hydrogen-bond acceptors (Lipinski definition) is 2. The van der Waals surface area contributed by atoms with Crippen LogP contribution in [-0.2, 0) is 16.8 Å². The molecule has 0 unspecified atom stereocenters. The van der Waals surface area contributed by atoms with Gasteiger partial charge in [0.25, 0.3) is 0 Å². The molecule has 3 aliphatic rings. The number of nitrogens with zero attached hydrogens (tertiary/aromatic N) is 1. The van der Waals surface area contributed by atoms with E-state index < -0.39 is 0 Å². The highest BCUT2D eigenvalue weighted by Crippen LogP contribution is 2.57. The van der Waals surface area contributed by atoms with Crippen LogP contribution in [0.1, 0.15) is 49.7 Å². The zero-order valence-electron chi connectivity index (χ0n) is 15.2. The molecule has 3 nitrogen and oxygen atoms in total. The van der Waals surface area contributed by atoms with Crippen LogP contribution in [0.2, 0.25) is 0 Å². The summed E-state index contributed by atoms with van der Waals surface area (Å²) in [6.07, 6.45) is 6.90.